The van der Waals surface area contributed by atoms with Gasteiger partial charge in [0.1, 0.15) is 11.9 Å². The molecule has 0 spiro atoms. The molecule has 2 aromatic carbocycles. The van der Waals surface area contributed by atoms with Gasteiger partial charge in [0.2, 0.25) is 0 Å². The van der Waals surface area contributed by atoms with Crippen LogP contribution >= 0.6 is 0 Å². The summed E-state index contributed by atoms with van der Waals surface area (Å²) < 4.78 is 13.3. The number of benzene rings is 2. The Bertz CT molecular complexity index is 994. The standard InChI is InChI=1S/C26H29FN2O3/c1-18(31)4-5-19-6-8-20(9-7-19)25-23-16-28(14-2-3-15-29(23)24(25)17-30)26(32)21-10-12-22(27)13-11-21/h6-13,18,23-25,30-31H,2-3,14-17H2,1H3/t18-,23-,24+,25-/m1/s1. The number of aliphatic hydroxyl groups excluding tert-OH is 2. The molecule has 5 nitrogen and oxygen atoms in total. The van der Waals surface area contributed by atoms with Crippen molar-refractivity contribution in [3.05, 3.63) is 71.0 Å². The number of halogens is 1. The van der Waals surface area contributed by atoms with Crippen molar-refractivity contribution in [3.63, 3.8) is 0 Å². The number of carbonyl (C=O) groups is 1. The van der Waals surface area contributed by atoms with Gasteiger partial charge in [-0.05, 0) is 68.3 Å². The van der Waals surface area contributed by atoms with Gasteiger partial charge >= 0.3 is 0 Å². The molecule has 1 amide bonds. The molecule has 2 heterocycles. The number of fused-ring (bicyclic) bond motifs is 1. The third-order valence-electron chi connectivity index (χ3n) is 6.47. The fourth-order valence-corrected chi connectivity index (χ4v) is 4.88. The maximum Gasteiger partial charge on any atom is 0.253 e. The molecular formula is C26H29FN2O3. The predicted molar refractivity (Wildman–Crippen MR) is 121 cm³/mol. The molecule has 4 rings (SSSR count). The van der Waals surface area contributed by atoms with E-state index in [9.17, 15) is 19.4 Å². The lowest BCUT2D eigenvalue weighted by Crippen LogP contribution is -2.67. The molecule has 2 aromatic rings. The van der Waals surface area contributed by atoms with Crippen molar-refractivity contribution in [2.45, 2.75) is 43.9 Å². The van der Waals surface area contributed by atoms with Crippen molar-refractivity contribution < 1.29 is 19.4 Å². The van der Waals surface area contributed by atoms with Crippen LogP contribution < -0.4 is 0 Å². The first-order valence-corrected chi connectivity index (χ1v) is 11.2. The minimum absolute atomic E-state index is 0.0234. The minimum Gasteiger partial charge on any atom is -0.395 e. The first kappa shape index (κ1) is 22.5. The molecule has 0 bridgehead atoms. The summed E-state index contributed by atoms with van der Waals surface area (Å²) in [4.78, 5) is 17.3. The van der Waals surface area contributed by atoms with Crippen LogP contribution in [-0.4, -0.2) is 70.3 Å². The molecule has 2 N–H and O–H groups in total. The molecule has 32 heavy (non-hydrogen) atoms. The summed E-state index contributed by atoms with van der Waals surface area (Å²) in [5.41, 5.74) is 2.44. The van der Waals surface area contributed by atoms with Gasteiger partial charge in [0.15, 0.2) is 0 Å². The van der Waals surface area contributed by atoms with E-state index >= 15 is 0 Å². The van der Waals surface area contributed by atoms with E-state index in [1.54, 1.807) is 6.92 Å². The van der Waals surface area contributed by atoms with E-state index in [-0.39, 0.29) is 36.3 Å². The van der Waals surface area contributed by atoms with E-state index in [0.717, 1.165) is 30.5 Å². The molecular weight excluding hydrogens is 407 g/mol. The molecule has 6 heteroatoms. The van der Waals surface area contributed by atoms with Crippen molar-refractivity contribution >= 4 is 5.91 Å². The van der Waals surface area contributed by atoms with Crippen molar-refractivity contribution in [3.8, 4) is 11.8 Å². The maximum absolute atomic E-state index is 13.3. The highest BCUT2D eigenvalue weighted by molar-refractivity contribution is 5.94. The van der Waals surface area contributed by atoms with Crippen LogP contribution in [0.15, 0.2) is 48.5 Å². The van der Waals surface area contributed by atoms with Gasteiger partial charge in [-0.2, -0.15) is 0 Å². The van der Waals surface area contributed by atoms with Crippen LogP contribution in [0.2, 0.25) is 0 Å². The number of hydrogen-bond donors (Lipinski definition) is 2. The second-order valence-corrected chi connectivity index (χ2v) is 8.61. The number of aliphatic hydroxyl groups is 2. The number of hydrogen-bond acceptors (Lipinski definition) is 4. The number of carbonyl (C=O) groups excluding carboxylic acids is 1. The Morgan fingerprint density at radius 1 is 1.12 bits per heavy atom. The Morgan fingerprint density at radius 3 is 2.47 bits per heavy atom. The highest BCUT2D eigenvalue weighted by Crippen LogP contribution is 2.42. The average molecular weight is 437 g/mol. The number of rotatable bonds is 3. The van der Waals surface area contributed by atoms with Crippen molar-refractivity contribution in [1.82, 2.24) is 9.80 Å². The molecule has 0 saturated carbocycles. The zero-order valence-electron chi connectivity index (χ0n) is 18.2. The smallest absolute Gasteiger partial charge is 0.253 e. The lowest BCUT2D eigenvalue weighted by molar-refractivity contribution is -0.0606. The van der Waals surface area contributed by atoms with Crippen molar-refractivity contribution in [1.29, 1.82) is 0 Å². The minimum atomic E-state index is -0.673. The molecule has 4 atom stereocenters. The fraction of sp³-hybridized carbons (Fsp3) is 0.423. The van der Waals surface area contributed by atoms with Crippen molar-refractivity contribution in [2.24, 2.45) is 0 Å². The zero-order chi connectivity index (χ0) is 22.7. The molecule has 0 radical (unpaired) electrons. The quantitative estimate of drug-likeness (QED) is 0.727. The first-order chi connectivity index (χ1) is 15.5. The van der Waals surface area contributed by atoms with Crippen LogP contribution in [0.25, 0.3) is 0 Å². The van der Waals surface area contributed by atoms with Gasteiger partial charge in [0, 0.05) is 42.2 Å². The summed E-state index contributed by atoms with van der Waals surface area (Å²) >= 11 is 0. The van der Waals surface area contributed by atoms with E-state index in [1.807, 2.05) is 29.2 Å². The van der Waals surface area contributed by atoms with E-state index in [2.05, 4.69) is 16.7 Å². The second-order valence-electron chi connectivity index (χ2n) is 8.61. The summed E-state index contributed by atoms with van der Waals surface area (Å²) in [5.74, 6) is 5.37. The zero-order valence-corrected chi connectivity index (χ0v) is 18.2. The lowest BCUT2D eigenvalue weighted by Gasteiger charge is -2.57. The van der Waals surface area contributed by atoms with Crippen LogP contribution in [0.1, 0.15) is 47.2 Å². The monoisotopic (exact) mass is 436 g/mol. The van der Waals surface area contributed by atoms with Gasteiger partial charge < -0.3 is 15.1 Å². The Kier molecular flexibility index (Phi) is 6.90. The highest BCUT2D eigenvalue weighted by Gasteiger charge is 2.49. The largest absolute Gasteiger partial charge is 0.395 e. The third kappa shape index (κ3) is 4.71. The van der Waals surface area contributed by atoms with Crippen LogP contribution in [0.4, 0.5) is 4.39 Å². The Balaban J connectivity index is 1.55. The third-order valence-corrected chi connectivity index (χ3v) is 6.47. The van der Waals surface area contributed by atoms with E-state index in [1.165, 1.54) is 24.3 Å². The lowest BCUT2D eigenvalue weighted by atomic mass is 9.74. The van der Waals surface area contributed by atoms with Gasteiger partial charge in [-0.1, -0.05) is 24.0 Å². The topological polar surface area (TPSA) is 64.0 Å². The summed E-state index contributed by atoms with van der Waals surface area (Å²) in [5, 5.41) is 19.4. The predicted octanol–water partition coefficient (Wildman–Crippen LogP) is 2.62. The van der Waals surface area contributed by atoms with Crippen LogP contribution in [0, 0.1) is 17.7 Å². The van der Waals surface area contributed by atoms with Gasteiger partial charge in [0.05, 0.1) is 6.61 Å². The Hall–Kier alpha value is -2.72. The molecule has 168 valence electrons. The molecule has 2 aliphatic rings. The molecule has 2 aliphatic heterocycles. The summed E-state index contributed by atoms with van der Waals surface area (Å²) in [6.45, 7) is 3.84. The van der Waals surface area contributed by atoms with Gasteiger partial charge in [-0.15, -0.1) is 0 Å². The highest BCUT2D eigenvalue weighted by atomic mass is 19.1. The molecule has 2 saturated heterocycles. The second kappa shape index (κ2) is 9.83. The summed E-state index contributed by atoms with van der Waals surface area (Å²) in [6.07, 6.45) is 1.18. The normalized spacial score (nSPS) is 24.2. The molecule has 0 unspecified atom stereocenters. The summed E-state index contributed by atoms with van der Waals surface area (Å²) in [7, 11) is 0. The van der Waals surface area contributed by atoms with Crippen LogP contribution in [-0.2, 0) is 0 Å². The molecule has 0 aliphatic carbocycles. The maximum atomic E-state index is 13.3. The van der Waals surface area contributed by atoms with E-state index in [0.29, 0.717) is 18.7 Å². The number of nitrogens with zero attached hydrogens (tertiary/aromatic N) is 2. The molecule has 2 fully saturated rings. The first-order valence-electron chi connectivity index (χ1n) is 11.2. The number of amides is 1. The Morgan fingerprint density at radius 2 is 1.81 bits per heavy atom. The van der Waals surface area contributed by atoms with E-state index < -0.39 is 6.10 Å². The van der Waals surface area contributed by atoms with Gasteiger partial charge in [-0.25, -0.2) is 4.39 Å². The van der Waals surface area contributed by atoms with Gasteiger partial charge in [-0.3, -0.25) is 9.69 Å². The summed E-state index contributed by atoms with van der Waals surface area (Å²) in [6, 6.07) is 13.8. The van der Waals surface area contributed by atoms with Crippen LogP contribution in [0.3, 0.4) is 0 Å². The van der Waals surface area contributed by atoms with Gasteiger partial charge in [0.25, 0.3) is 5.91 Å². The Labute approximate surface area is 188 Å². The SMILES string of the molecule is C[C@@H](O)C#Cc1ccc([C@@H]2[C@H]3CN(C(=O)c4ccc(F)cc4)CCCCN3[C@H]2CO)cc1. The van der Waals surface area contributed by atoms with E-state index in [4.69, 9.17) is 0 Å². The van der Waals surface area contributed by atoms with Crippen molar-refractivity contribution in [2.75, 3.05) is 26.2 Å². The molecule has 0 aromatic heterocycles. The fourth-order valence-electron chi connectivity index (χ4n) is 4.88. The average Bonchev–Trinajstić information content (AvgIpc) is 2.77. The van der Waals surface area contributed by atoms with Crippen LogP contribution in [0.5, 0.6) is 0 Å².